The summed E-state index contributed by atoms with van der Waals surface area (Å²) in [5, 5.41) is 13.9. The number of halogens is 1. The van der Waals surface area contributed by atoms with Crippen molar-refractivity contribution in [1.29, 1.82) is 0 Å². The van der Waals surface area contributed by atoms with E-state index < -0.39 is 18.1 Å². The zero-order valence-electron chi connectivity index (χ0n) is 16.1. The van der Waals surface area contributed by atoms with E-state index in [-0.39, 0.29) is 25.0 Å². The van der Waals surface area contributed by atoms with Gasteiger partial charge in [-0.2, -0.15) is 0 Å². The van der Waals surface area contributed by atoms with Gasteiger partial charge in [0.05, 0.1) is 17.3 Å². The summed E-state index contributed by atoms with van der Waals surface area (Å²) in [6, 6.07) is 9.89. The summed E-state index contributed by atoms with van der Waals surface area (Å²) < 4.78 is 12.5. The quantitative estimate of drug-likeness (QED) is 0.625. The lowest BCUT2D eigenvalue weighted by atomic mass is 9.89. The molecule has 2 aromatic carbocycles. The number of hydrogen-bond acceptors (Lipinski definition) is 5. The van der Waals surface area contributed by atoms with Crippen LogP contribution in [0.15, 0.2) is 36.4 Å². The predicted octanol–water partition coefficient (Wildman–Crippen LogP) is 3.25. The van der Waals surface area contributed by atoms with Crippen LogP contribution in [0.3, 0.4) is 0 Å². The van der Waals surface area contributed by atoms with Gasteiger partial charge in [0.2, 0.25) is 12.7 Å². The summed E-state index contributed by atoms with van der Waals surface area (Å²) in [5.41, 5.74) is 4.09. The molecule has 0 spiro atoms. The molecule has 7 nitrogen and oxygen atoms in total. The molecule has 2 N–H and O–H groups in total. The molecule has 1 aromatic heterocycles. The molecular formula is C22H19ClN2O5. The maximum absolute atomic E-state index is 12.9. The van der Waals surface area contributed by atoms with Crippen LogP contribution >= 0.6 is 11.6 Å². The Morgan fingerprint density at radius 1 is 1.23 bits per heavy atom. The highest BCUT2D eigenvalue weighted by Crippen LogP contribution is 2.42. The Bertz CT molecular complexity index is 1200. The number of carboxylic acids is 1. The number of nitrogens with one attached hydrogen (secondary N) is 1. The molecule has 0 saturated heterocycles. The summed E-state index contributed by atoms with van der Waals surface area (Å²) in [6.07, 6.45) is 0.273. The number of carbonyl (C=O) groups excluding carboxylic acids is 1. The summed E-state index contributed by atoms with van der Waals surface area (Å²) in [4.78, 5) is 24.8. The number of aryl methyl sites for hydroxylation is 1. The Morgan fingerprint density at radius 2 is 2.03 bits per heavy atom. The van der Waals surface area contributed by atoms with Gasteiger partial charge in [0, 0.05) is 11.8 Å². The van der Waals surface area contributed by atoms with Crippen LogP contribution in [-0.4, -0.2) is 40.3 Å². The first-order valence-electron chi connectivity index (χ1n) is 9.60. The van der Waals surface area contributed by atoms with Gasteiger partial charge in [0.1, 0.15) is 11.9 Å². The van der Waals surface area contributed by atoms with E-state index in [1.54, 1.807) is 10.6 Å². The van der Waals surface area contributed by atoms with E-state index in [0.717, 1.165) is 33.3 Å². The van der Waals surface area contributed by atoms with Crippen molar-refractivity contribution < 1.29 is 24.2 Å². The molecule has 0 bridgehead atoms. The van der Waals surface area contributed by atoms with Gasteiger partial charge in [-0.1, -0.05) is 18.2 Å². The minimum atomic E-state index is -0.940. The summed E-state index contributed by atoms with van der Waals surface area (Å²) in [6.45, 7) is 2.11. The van der Waals surface area contributed by atoms with Gasteiger partial charge in [0.15, 0.2) is 11.5 Å². The second-order valence-electron chi connectivity index (χ2n) is 7.50. The number of benzene rings is 2. The van der Waals surface area contributed by atoms with Gasteiger partial charge in [-0.25, -0.2) is 0 Å². The number of carbonyl (C=O) groups is 2. The Hall–Kier alpha value is -3.03. The number of nitrogens with zero attached hydrogens (tertiary/aromatic N) is 1. The first-order valence-corrected chi connectivity index (χ1v) is 10.1. The lowest BCUT2D eigenvalue weighted by Gasteiger charge is -2.31. The Morgan fingerprint density at radius 3 is 2.80 bits per heavy atom. The topological polar surface area (TPSA) is 89.8 Å². The second kappa shape index (κ2) is 7.04. The molecule has 5 rings (SSSR count). The SMILES string of the molecule is Cc1cccc2c1c1c(n2C(=O)CCl)C(c2ccc3c(c2)OCO3)NC(C(=O)O)C1. The van der Waals surface area contributed by atoms with Gasteiger partial charge in [-0.3, -0.25) is 19.5 Å². The van der Waals surface area contributed by atoms with Crippen molar-refractivity contribution in [3.63, 3.8) is 0 Å². The van der Waals surface area contributed by atoms with Crippen molar-refractivity contribution in [3.8, 4) is 11.5 Å². The highest BCUT2D eigenvalue weighted by molar-refractivity contribution is 6.28. The fourth-order valence-electron chi connectivity index (χ4n) is 4.51. The van der Waals surface area contributed by atoms with Gasteiger partial charge in [-0.15, -0.1) is 11.6 Å². The third-order valence-corrected chi connectivity index (χ3v) is 6.01. The van der Waals surface area contributed by atoms with E-state index in [0.29, 0.717) is 11.5 Å². The summed E-state index contributed by atoms with van der Waals surface area (Å²) in [5.74, 6) is -0.145. The summed E-state index contributed by atoms with van der Waals surface area (Å²) in [7, 11) is 0. The molecule has 0 aliphatic carbocycles. The molecule has 30 heavy (non-hydrogen) atoms. The molecule has 154 valence electrons. The van der Waals surface area contributed by atoms with Crippen LogP contribution < -0.4 is 14.8 Å². The average Bonchev–Trinajstić information content (AvgIpc) is 3.34. The molecule has 3 aromatic rings. The number of rotatable bonds is 3. The molecule has 0 saturated carbocycles. The predicted molar refractivity (Wildman–Crippen MR) is 111 cm³/mol. The number of aliphatic carboxylic acids is 1. The van der Waals surface area contributed by atoms with Crippen molar-refractivity contribution in [2.24, 2.45) is 0 Å². The number of alkyl halides is 1. The van der Waals surface area contributed by atoms with E-state index >= 15 is 0 Å². The number of aromatic nitrogens is 1. The van der Waals surface area contributed by atoms with Crippen LogP contribution in [0.2, 0.25) is 0 Å². The molecule has 2 unspecified atom stereocenters. The smallest absolute Gasteiger partial charge is 0.321 e. The number of carboxylic acid groups (broad SMARTS) is 1. The van der Waals surface area contributed by atoms with Crippen LogP contribution in [0.25, 0.3) is 10.9 Å². The lowest BCUT2D eigenvalue weighted by molar-refractivity contribution is -0.139. The second-order valence-corrected chi connectivity index (χ2v) is 7.77. The monoisotopic (exact) mass is 426 g/mol. The van der Waals surface area contributed by atoms with E-state index in [9.17, 15) is 14.7 Å². The Kier molecular flexibility index (Phi) is 4.45. The van der Waals surface area contributed by atoms with E-state index in [4.69, 9.17) is 21.1 Å². The lowest BCUT2D eigenvalue weighted by Crippen LogP contribution is -2.46. The third-order valence-electron chi connectivity index (χ3n) is 5.78. The van der Waals surface area contributed by atoms with Crippen LogP contribution in [0, 0.1) is 6.92 Å². The van der Waals surface area contributed by atoms with Crippen molar-refractivity contribution in [2.45, 2.75) is 25.4 Å². The van der Waals surface area contributed by atoms with Gasteiger partial charge < -0.3 is 14.6 Å². The molecule has 0 radical (unpaired) electrons. The van der Waals surface area contributed by atoms with E-state index in [2.05, 4.69) is 5.32 Å². The van der Waals surface area contributed by atoms with E-state index in [1.807, 2.05) is 37.3 Å². The number of ether oxygens (including phenoxy) is 2. The molecule has 3 heterocycles. The minimum absolute atomic E-state index is 0.143. The van der Waals surface area contributed by atoms with Crippen molar-refractivity contribution in [2.75, 3.05) is 12.7 Å². The van der Waals surface area contributed by atoms with Crippen LogP contribution in [0.5, 0.6) is 11.5 Å². The fraction of sp³-hybridized carbons (Fsp3) is 0.273. The van der Waals surface area contributed by atoms with Crippen LogP contribution in [0.1, 0.15) is 33.2 Å². The highest BCUT2D eigenvalue weighted by atomic mass is 35.5. The number of hydrogen-bond donors (Lipinski definition) is 2. The van der Waals surface area contributed by atoms with Crippen molar-refractivity contribution in [1.82, 2.24) is 9.88 Å². The third kappa shape index (κ3) is 2.77. The minimum Gasteiger partial charge on any atom is -0.480 e. The largest absolute Gasteiger partial charge is 0.480 e. The molecule has 2 atom stereocenters. The Labute approximate surface area is 177 Å². The maximum Gasteiger partial charge on any atom is 0.321 e. The maximum atomic E-state index is 12.9. The average molecular weight is 427 g/mol. The van der Waals surface area contributed by atoms with Gasteiger partial charge >= 0.3 is 5.97 Å². The fourth-order valence-corrected chi connectivity index (χ4v) is 4.63. The first kappa shape index (κ1) is 19.0. The molecular weight excluding hydrogens is 408 g/mol. The van der Waals surface area contributed by atoms with Crippen molar-refractivity contribution >= 4 is 34.4 Å². The van der Waals surface area contributed by atoms with Crippen LogP contribution in [0.4, 0.5) is 0 Å². The molecule has 2 aliphatic rings. The Balaban J connectivity index is 1.80. The molecule has 8 heteroatoms. The standard InChI is InChI=1S/C22H19ClN2O5/c1-11-3-2-4-15-19(11)13-8-14(22(27)28)24-20(21(13)25(15)18(26)9-23)12-5-6-16-17(7-12)30-10-29-16/h2-7,14,20,24H,8-10H2,1H3,(H,27,28). The first-order chi connectivity index (χ1) is 14.5. The van der Waals surface area contributed by atoms with Crippen molar-refractivity contribution in [3.05, 3.63) is 58.8 Å². The highest BCUT2D eigenvalue weighted by Gasteiger charge is 2.38. The zero-order valence-corrected chi connectivity index (χ0v) is 16.9. The normalized spacial score (nSPS) is 19.7. The van der Waals surface area contributed by atoms with Gasteiger partial charge in [-0.05, 0) is 41.8 Å². The van der Waals surface area contributed by atoms with E-state index in [1.165, 1.54) is 0 Å². The van der Waals surface area contributed by atoms with Crippen LogP contribution in [-0.2, 0) is 11.2 Å². The summed E-state index contributed by atoms with van der Waals surface area (Å²) >= 11 is 5.95. The zero-order chi connectivity index (χ0) is 21.0. The molecule has 2 aliphatic heterocycles. The number of fused-ring (bicyclic) bond motifs is 4. The molecule has 0 fully saturated rings. The molecule has 0 amide bonds. The van der Waals surface area contributed by atoms with Gasteiger partial charge in [0.25, 0.3) is 0 Å².